The van der Waals surface area contributed by atoms with Crippen LogP contribution in [0.4, 0.5) is 5.82 Å². The summed E-state index contributed by atoms with van der Waals surface area (Å²) in [4.78, 5) is 4.26. The molecule has 1 aromatic heterocycles. The van der Waals surface area contributed by atoms with Crippen LogP contribution in [0.25, 0.3) is 11.3 Å². The van der Waals surface area contributed by atoms with Crippen molar-refractivity contribution in [3.05, 3.63) is 47.0 Å². The summed E-state index contributed by atoms with van der Waals surface area (Å²) in [6.07, 6.45) is 0. The molecule has 0 saturated carbocycles. The summed E-state index contributed by atoms with van der Waals surface area (Å²) in [5.74, 6) is 0.282. The van der Waals surface area contributed by atoms with Crippen molar-refractivity contribution in [2.45, 2.75) is 13.8 Å². The van der Waals surface area contributed by atoms with Gasteiger partial charge in [0.1, 0.15) is 11.9 Å². The van der Waals surface area contributed by atoms with E-state index in [1.54, 1.807) is 6.07 Å². The van der Waals surface area contributed by atoms with Crippen molar-refractivity contribution in [3.63, 3.8) is 0 Å². The molecule has 0 bridgehead atoms. The van der Waals surface area contributed by atoms with Crippen molar-refractivity contribution < 1.29 is 0 Å². The van der Waals surface area contributed by atoms with Crippen LogP contribution >= 0.6 is 0 Å². The number of aromatic nitrogens is 1. The van der Waals surface area contributed by atoms with Crippen LogP contribution in [-0.2, 0) is 0 Å². The molecule has 17 heavy (non-hydrogen) atoms. The van der Waals surface area contributed by atoms with Crippen LogP contribution in [0.1, 0.15) is 16.7 Å². The number of anilines is 1. The quantitative estimate of drug-likeness (QED) is 0.808. The molecule has 0 aliphatic heterocycles. The third kappa shape index (κ3) is 2.11. The monoisotopic (exact) mass is 223 g/mol. The molecule has 0 unspecified atom stereocenters. The molecule has 1 aromatic carbocycles. The third-order valence-electron chi connectivity index (χ3n) is 2.70. The van der Waals surface area contributed by atoms with E-state index >= 15 is 0 Å². The van der Waals surface area contributed by atoms with Crippen LogP contribution in [0.2, 0.25) is 0 Å². The second-order valence-electron chi connectivity index (χ2n) is 4.06. The number of hydrogen-bond donors (Lipinski definition) is 1. The SMILES string of the molecule is Cc1ccc(-c2ccc(C#N)c(N)n2)c(C)c1. The number of hydrogen-bond acceptors (Lipinski definition) is 3. The predicted molar refractivity (Wildman–Crippen MR) is 68.3 cm³/mol. The minimum absolute atomic E-state index is 0.282. The topological polar surface area (TPSA) is 62.7 Å². The maximum absolute atomic E-state index is 8.80. The molecule has 0 saturated heterocycles. The molecule has 2 aromatic rings. The van der Waals surface area contributed by atoms with Gasteiger partial charge in [0, 0.05) is 5.56 Å². The maximum Gasteiger partial charge on any atom is 0.142 e. The molecule has 2 rings (SSSR count). The zero-order chi connectivity index (χ0) is 12.4. The van der Waals surface area contributed by atoms with E-state index in [1.165, 1.54) is 5.56 Å². The number of pyridine rings is 1. The zero-order valence-corrected chi connectivity index (χ0v) is 9.86. The Kier molecular flexibility index (Phi) is 2.80. The number of nitrogen functional groups attached to an aromatic ring is 1. The molecule has 3 nitrogen and oxygen atoms in total. The molecule has 0 aliphatic carbocycles. The van der Waals surface area contributed by atoms with E-state index in [2.05, 4.69) is 18.0 Å². The normalized spacial score (nSPS) is 9.94. The Bertz CT molecular complexity index is 609. The summed E-state index contributed by atoms with van der Waals surface area (Å²) >= 11 is 0. The van der Waals surface area contributed by atoms with E-state index in [4.69, 9.17) is 11.0 Å². The molecular formula is C14H13N3. The van der Waals surface area contributed by atoms with Gasteiger partial charge in [0.05, 0.1) is 11.3 Å². The summed E-state index contributed by atoms with van der Waals surface area (Å²) < 4.78 is 0. The molecule has 0 radical (unpaired) electrons. The predicted octanol–water partition coefficient (Wildman–Crippen LogP) is 2.82. The lowest BCUT2D eigenvalue weighted by Gasteiger charge is -2.07. The molecule has 2 N–H and O–H groups in total. The molecular weight excluding hydrogens is 210 g/mol. The average Bonchev–Trinajstić information content (AvgIpc) is 2.29. The largest absolute Gasteiger partial charge is 0.383 e. The van der Waals surface area contributed by atoms with E-state index in [1.807, 2.05) is 31.2 Å². The first-order valence-corrected chi connectivity index (χ1v) is 5.36. The van der Waals surface area contributed by atoms with Gasteiger partial charge >= 0.3 is 0 Å². The van der Waals surface area contributed by atoms with Gasteiger partial charge < -0.3 is 5.73 Å². The summed E-state index contributed by atoms with van der Waals surface area (Å²) in [6.45, 7) is 4.09. The lowest BCUT2D eigenvalue weighted by atomic mass is 10.0. The van der Waals surface area contributed by atoms with Crippen molar-refractivity contribution in [1.29, 1.82) is 5.26 Å². The highest BCUT2D eigenvalue weighted by Gasteiger charge is 2.06. The highest BCUT2D eigenvalue weighted by Crippen LogP contribution is 2.24. The molecule has 0 aliphatic rings. The van der Waals surface area contributed by atoms with Gasteiger partial charge in [0.2, 0.25) is 0 Å². The Morgan fingerprint density at radius 3 is 2.53 bits per heavy atom. The van der Waals surface area contributed by atoms with Gasteiger partial charge in [-0.1, -0.05) is 23.8 Å². The fourth-order valence-electron chi connectivity index (χ4n) is 1.82. The van der Waals surface area contributed by atoms with Gasteiger partial charge in [0.25, 0.3) is 0 Å². The Hall–Kier alpha value is -2.34. The van der Waals surface area contributed by atoms with Crippen LogP contribution in [-0.4, -0.2) is 4.98 Å². The summed E-state index contributed by atoms with van der Waals surface area (Å²) in [6, 6.07) is 11.7. The van der Waals surface area contributed by atoms with Crippen LogP contribution in [0.15, 0.2) is 30.3 Å². The number of nitrogens with two attached hydrogens (primary N) is 1. The minimum Gasteiger partial charge on any atom is -0.383 e. The fourth-order valence-corrected chi connectivity index (χ4v) is 1.82. The Labute approximate surface area is 101 Å². The number of rotatable bonds is 1. The van der Waals surface area contributed by atoms with Gasteiger partial charge in [-0.25, -0.2) is 4.98 Å². The first-order chi connectivity index (χ1) is 8.11. The number of aryl methyl sites for hydroxylation is 2. The maximum atomic E-state index is 8.80. The van der Waals surface area contributed by atoms with E-state index in [0.29, 0.717) is 5.56 Å². The highest BCUT2D eigenvalue weighted by atomic mass is 14.8. The minimum atomic E-state index is 0.282. The third-order valence-corrected chi connectivity index (χ3v) is 2.70. The van der Waals surface area contributed by atoms with Crippen molar-refractivity contribution in [3.8, 4) is 17.3 Å². The van der Waals surface area contributed by atoms with E-state index in [9.17, 15) is 0 Å². The Balaban J connectivity index is 2.54. The smallest absolute Gasteiger partial charge is 0.142 e. The average molecular weight is 223 g/mol. The van der Waals surface area contributed by atoms with Gasteiger partial charge in [-0.15, -0.1) is 0 Å². The van der Waals surface area contributed by atoms with Gasteiger partial charge in [-0.05, 0) is 31.5 Å². The molecule has 0 spiro atoms. The van der Waals surface area contributed by atoms with Crippen molar-refractivity contribution in [2.75, 3.05) is 5.73 Å². The summed E-state index contributed by atoms with van der Waals surface area (Å²) in [5.41, 5.74) is 10.4. The second kappa shape index (κ2) is 4.26. The molecule has 1 heterocycles. The summed E-state index contributed by atoms with van der Waals surface area (Å²) in [5, 5.41) is 8.80. The molecule has 3 heteroatoms. The lowest BCUT2D eigenvalue weighted by molar-refractivity contribution is 1.28. The Morgan fingerprint density at radius 2 is 1.94 bits per heavy atom. The van der Waals surface area contributed by atoms with Gasteiger partial charge in [0.15, 0.2) is 0 Å². The van der Waals surface area contributed by atoms with Crippen LogP contribution in [0.5, 0.6) is 0 Å². The van der Waals surface area contributed by atoms with Crippen molar-refractivity contribution in [2.24, 2.45) is 0 Å². The summed E-state index contributed by atoms with van der Waals surface area (Å²) in [7, 11) is 0. The molecule has 0 atom stereocenters. The molecule has 0 fully saturated rings. The molecule has 84 valence electrons. The van der Waals surface area contributed by atoms with E-state index in [0.717, 1.165) is 16.8 Å². The lowest BCUT2D eigenvalue weighted by Crippen LogP contribution is -1.97. The first kappa shape index (κ1) is 11.2. The number of nitrogens with zero attached hydrogens (tertiary/aromatic N) is 2. The van der Waals surface area contributed by atoms with E-state index in [-0.39, 0.29) is 5.82 Å². The number of nitriles is 1. The van der Waals surface area contributed by atoms with Crippen molar-refractivity contribution >= 4 is 5.82 Å². The Morgan fingerprint density at radius 1 is 1.18 bits per heavy atom. The van der Waals surface area contributed by atoms with Crippen molar-refractivity contribution in [1.82, 2.24) is 4.98 Å². The standard InChI is InChI=1S/C14H13N3/c1-9-3-5-12(10(2)7-9)13-6-4-11(8-15)14(16)17-13/h3-7H,1-2H3,(H2,16,17). The molecule has 0 amide bonds. The zero-order valence-electron chi connectivity index (χ0n) is 9.86. The first-order valence-electron chi connectivity index (χ1n) is 5.36. The van der Waals surface area contributed by atoms with Crippen LogP contribution in [0.3, 0.4) is 0 Å². The van der Waals surface area contributed by atoms with Crippen LogP contribution < -0.4 is 5.73 Å². The van der Waals surface area contributed by atoms with Gasteiger partial charge in [-0.3, -0.25) is 0 Å². The second-order valence-corrected chi connectivity index (χ2v) is 4.06. The highest BCUT2D eigenvalue weighted by molar-refractivity contribution is 5.67. The fraction of sp³-hybridized carbons (Fsp3) is 0.143. The van der Waals surface area contributed by atoms with Gasteiger partial charge in [-0.2, -0.15) is 5.26 Å². The van der Waals surface area contributed by atoms with Crippen LogP contribution in [0, 0.1) is 25.2 Å². The number of benzene rings is 1. The van der Waals surface area contributed by atoms with E-state index < -0.39 is 0 Å².